The van der Waals surface area contributed by atoms with Crippen LogP contribution in [0.5, 0.6) is 0 Å². The highest BCUT2D eigenvalue weighted by Gasteiger charge is 2.27. The first-order valence-corrected chi connectivity index (χ1v) is 11.4. The van der Waals surface area contributed by atoms with Crippen LogP contribution < -0.4 is 4.90 Å². The molecular weight excluding hydrogens is 420 g/mol. The number of anilines is 1. The fourth-order valence-corrected chi connectivity index (χ4v) is 4.55. The van der Waals surface area contributed by atoms with Crippen LogP contribution in [0, 0.1) is 18.3 Å². The molecule has 2 fully saturated rings. The van der Waals surface area contributed by atoms with Gasteiger partial charge in [-0.1, -0.05) is 6.07 Å². The number of nitriles is 1. The fraction of sp³-hybridized carbons (Fsp3) is 0.478. The molecule has 2 aliphatic heterocycles. The number of piperazine rings is 2. The second-order valence-electron chi connectivity index (χ2n) is 8.62. The number of aromatic nitrogens is 3. The average Bonchev–Trinajstić information content (AvgIpc) is 3.42. The monoisotopic (exact) mass is 448 g/mol. The third-order valence-corrected chi connectivity index (χ3v) is 6.36. The zero-order valence-electron chi connectivity index (χ0n) is 18.9. The Morgan fingerprint density at radius 1 is 1.06 bits per heavy atom. The van der Waals surface area contributed by atoms with Crippen molar-refractivity contribution in [3.63, 3.8) is 0 Å². The number of carbonyl (C=O) groups is 1. The third-order valence-electron chi connectivity index (χ3n) is 6.36. The standard InChI is InChI=1S/C23H28N8O2/c1-18-25-20(14-24)23(33-18)30-12-10-29(11-13-30)22(32)17-28-8-6-27(7-9-28)15-19-16-31-5-3-2-4-21(31)26-19/h2-5,16H,6-13,15,17H2,1H3. The number of oxazole rings is 1. The van der Waals surface area contributed by atoms with E-state index < -0.39 is 0 Å². The van der Waals surface area contributed by atoms with Gasteiger partial charge in [-0.2, -0.15) is 5.26 Å². The van der Waals surface area contributed by atoms with Gasteiger partial charge in [0.15, 0.2) is 5.89 Å². The molecule has 0 radical (unpaired) electrons. The topological polar surface area (TPSA) is 97.2 Å². The van der Waals surface area contributed by atoms with Crippen LogP contribution in [0.3, 0.4) is 0 Å². The zero-order chi connectivity index (χ0) is 22.8. The lowest BCUT2D eigenvalue weighted by Crippen LogP contribution is -2.53. The van der Waals surface area contributed by atoms with Gasteiger partial charge in [-0.15, -0.1) is 0 Å². The van der Waals surface area contributed by atoms with E-state index in [4.69, 9.17) is 9.40 Å². The van der Waals surface area contributed by atoms with Crippen LogP contribution in [0.15, 0.2) is 35.0 Å². The lowest BCUT2D eigenvalue weighted by Gasteiger charge is -2.37. The quantitative estimate of drug-likeness (QED) is 0.570. The Morgan fingerprint density at radius 3 is 2.55 bits per heavy atom. The van der Waals surface area contributed by atoms with Crippen molar-refractivity contribution in [1.82, 2.24) is 29.1 Å². The fourth-order valence-electron chi connectivity index (χ4n) is 4.55. The molecule has 0 bridgehead atoms. The molecule has 10 heteroatoms. The molecule has 0 aliphatic carbocycles. The van der Waals surface area contributed by atoms with Crippen molar-refractivity contribution in [2.75, 3.05) is 63.8 Å². The Balaban J connectivity index is 1.07. The number of hydrogen-bond acceptors (Lipinski definition) is 8. The van der Waals surface area contributed by atoms with Crippen molar-refractivity contribution < 1.29 is 9.21 Å². The van der Waals surface area contributed by atoms with Gasteiger partial charge >= 0.3 is 0 Å². The SMILES string of the molecule is Cc1nc(C#N)c(N2CCN(C(=O)CN3CCN(Cc4cn5ccccc5n4)CC3)CC2)o1. The zero-order valence-corrected chi connectivity index (χ0v) is 18.9. The van der Waals surface area contributed by atoms with Crippen molar-refractivity contribution in [3.8, 4) is 6.07 Å². The minimum atomic E-state index is 0.165. The van der Waals surface area contributed by atoms with E-state index in [-0.39, 0.29) is 5.91 Å². The van der Waals surface area contributed by atoms with Gasteiger partial charge < -0.3 is 18.6 Å². The van der Waals surface area contributed by atoms with Gasteiger partial charge in [0, 0.05) is 78.2 Å². The number of fused-ring (bicyclic) bond motifs is 1. The summed E-state index contributed by atoms with van der Waals surface area (Å²) in [7, 11) is 0. The summed E-state index contributed by atoms with van der Waals surface area (Å²) in [6.45, 7) is 9.15. The van der Waals surface area contributed by atoms with Gasteiger partial charge in [-0.25, -0.2) is 9.97 Å². The smallest absolute Gasteiger partial charge is 0.236 e. The maximum Gasteiger partial charge on any atom is 0.236 e. The molecule has 1 amide bonds. The summed E-state index contributed by atoms with van der Waals surface area (Å²) in [5.41, 5.74) is 2.36. The van der Waals surface area contributed by atoms with Gasteiger partial charge in [0.05, 0.1) is 12.2 Å². The number of carbonyl (C=O) groups excluding carboxylic acids is 1. The molecule has 3 aromatic heterocycles. The molecule has 172 valence electrons. The Bertz CT molecular complexity index is 1130. The highest BCUT2D eigenvalue weighted by atomic mass is 16.4. The van der Waals surface area contributed by atoms with Crippen LogP contribution in [0.25, 0.3) is 5.65 Å². The van der Waals surface area contributed by atoms with Crippen molar-refractivity contribution in [2.45, 2.75) is 13.5 Å². The van der Waals surface area contributed by atoms with Crippen LogP contribution in [0.2, 0.25) is 0 Å². The average molecular weight is 449 g/mol. The number of hydrogen-bond donors (Lipinski definition) is 0. The van der Waals surface area contributed by atoms with E-state index in [0.29, 0.717) is 50.2 Å². The molecule has 0 atom stereocenters. The normalized spacial score (nSPS) is 18.1. The van der Waals surface area contributed by atoms with Gasteiger partial charge in [0.1, 0.15) is 11.7 Å². The van der Waals surface area contributed by atoms with Crippen molar-refractivity contribution in [1.29, 1.82) is 5.26 Å². The van der Waals surface area contributed by atoms with E-state index >= 15 is 0 Å². The second-order valence-corrected chi connectivity index (χ2v) is 8.62. The molecule has 0 unspecified atom stereocenters. The van der Waals surface area contributed by atoms with Gasteiger partial charge in [0.2, 0.25) is 17.5 Å². The summed E-state index contributed by atoms with van der Waals surface area (Å²) in [6.07, 6.45) is 4.11. The van der Waals surface area contributed by atoms with Crippen LogP contribution in [0.1, 0.15) is 17.3 Å². The number of pyridine rings is 1. The van der Waals surface area contributed by atoms with Gasteiger partial charge in [-0.3, -0.25) is 14.6 Å². The van der Waals surface area contributed by atoms with E-state index in [1.54, 1.807) is 6.92 Å². The third kappa shape index (κ3) is 4.69. The molecule has 0 spiro atoms. The second kappa shape index (κ2) is 9.21. The van der Waals surface area contributed by atoms with Crippen molar-refractivity contribution in [2.24, 2.45) is 0 Å². The highest BCUT2D eigenvalue weighted by molar-refractivity contribution is 5.78. The summed E-state index contributed by atoms with van der Waals surface area (Å²) in [4.78, 5) is 30.2. The minimum Gasteiger partial charge on any atom is -0.424 e. The predicted molar refractivity (Wildman–Crippen MR) is 122 cm³/mol. The summed E-state index contributed by atoms with van der Waals surface area (Å²) in [5.74, 6) is 1.17. The molecule has 5 heterocycles. The molecule has 5 rings (SSSR count). The van der Waals surface area contributed by atoms with Crippen LogP contribution >= 0.6 is 0 Å². The molecule has 0 N–H and O–H groups in total. The molecular formula is C23H28N8O2. The summed E-state index contributed by atoms with van der Waals surface area (Å²) >= 11 is 0. The van der Waals surface area contributed by atoms with Crippen LogP contribution in [0.4, 0.5) is 5.88 Å². The highest BCUT2D eigenvalue weighted by Crippen LogP contribution is 2.22. The van der Waals surface area contributed by atoms with Crippen LogP contribution in [-0.2, 0) is 11.3 Å². The molecule has 2 aliphatic rings. The van der Waals surface area contributed by atoms with Gasteiger partial charge in [-0.05, 0) is 12.1 Å². The van der Waals surface area contributed by atoms with Crippen molar-refractivity contribution >= 4 is 17.4 Å². The van der Waals surface area contributed by atoms with E-state index in [9.17, 15) is 10.1 Å². The maximum atomic E-state index is 12.9. The minimum absolute atomic E-state index is 0.165. The lowest BCUT2D eigenvalue weighted by atomic mass is 10.2. The van der Waals surface area contributed by atoms with E-state index in [1.807, 2.05) is 34.2 Å². The Hall–Kier alpha value is -3.42. The number of imidazole rings is 1. The number of aryl methyl sites for hydroxylation is 1. The molecule has 0 saturated carbocycles. The first-order chi connectivity index (χ1) is 16.1. The van der Waals surface area contributed by atoms with E-state index in [0.717, 1.165) is 44.1 Å². The maximum absolute atomic E-state index is 12.9. The molecule has 2 saturated heterocycles. The summed E-state index contributed by atoms with van der Waals surface area (Å²) in [5, 5.41) is 9.24. The molecule has 10 nitrogen and oxygen atoms in total. The lowest BCUT2D eigenvalue weighted by molar-refractivity contribution is -0.133. The number of rotatable bonds is 5. The Kier molecular flexibility index (Phi) is 5.98. The van der Waals surface area contributed by atoms with Crippen molar-refractivity contribution in [3.05, 3.63) is 47.9 Å². The van der Waals surface area contributed by atoms with Crippen LogP contribution in [-0.4, -0.2) is 93.9 Å². The first-order valence-electron chi connectivity index (χ1n) is 11.4. The Morgan fingerprint density at radius 2 is 1.82 bits per heavy atom. The number of nitrogens with zero attached hydrogens (tertiary/aromatic N) is 8. The summed E-state index contributed by atoms with van der Waals surface area (Å²) in [6, 6.07) is 8.11. The Labute approximate surface area is 192 Å². The van der Waals surface area contributed by atoms with Gasteiger partial charge in [0.25, 0.3) is 0 Å². The van der Waals surface area contributed by atoms with E-state index in [1.165, 1.54) is 0 Å². The first kappa shape index (κ1) is 21.4. The molecule has 33 heavy (non-hydrogen) atoms. The number of amides is 1. The summed E-state index contributed by atoms with van der Waals surface area (Å²) < 4.78 is 7.65. The molecule has 0 aromatic carbocycles. The van der Waals surface area contributed by atoms with E-state index in [2.05, 4.69) is 31.5 Å². The molecule has 3 aromatic rings. The largest absolute Gasteiger partial charge is 0.424 e. The predicted octanol–water partition coefficient (Wildman–Crippen LogP) is 0.969.